The molecule has 0 fully saturated rings. The second-order valence-corrected chi connectivity index (χ2v) is 3.59. The fraction of sp³-hybridized carbons (Fsp3) is 0.833. The summed E-state index contributed by atoms with van der Waals surface area (Å²) >= 11 is 5.36. The summed E-state index contributed by atoms with van der Waals surface area (Å²) in [5.74, 6) is 1.78. The molecule has 0 rings (SSSR count). The van der Waals surface area contributed by atoms with Crippen molar-refractivity contribution in [2.45, 2.75) is 13.8 Å². The fourth-order valence-electron chi connectivity index (χ4n) is 0.313. The first kappa shape index (κ1) is 9.37. The minimum Gasteiger partial charge on any atom is -0.287 e. The van der Waals surface area contributed by atoms with Gasteiger partial charge in [-0.3, -0.25) is 4.79 Å². The molecule has 0 aliphatic heterocycles. The molecule has 0 aliphatic rings. The lowest BCUT2D eigenvalue weighted by Crippen LogP contribution is -2.02. The summed E-state index contributed by atoms with van der Waals surface area (Å²) in [7, 11) is 0. The van der Waals surface area contributed by atoms with Crippen LogP contribution in [0.25, 0.3) is 0 Å². The summed E-state index contributed by atoms with van der Waals surface area (Å²) < 4.78 is 0. The Morgan fingerprint density at radius 2 is 2.22 bits per heavy atom. The van der Waals surface area contributed by atoms with Crippen molar-refractivity contribution in [3.63, 3.8) is 0 Å². The predicted molar refractivity (Wildman–Crippen MR) is 46.2 cm³/mol. The van der Waals surface area contributed by atoms with Gasteiger partial charge in [-0.2, -0.15) is 12.6 Å². The number of hydrogen-bond donors (Lipinski definition) is 1. The summed E-state index contributed by atoms with van der Waals surface area (Å²) in [6, 6.07) is 0. The van der Waals surface area contributed by atoms with Crippen molar-refractivity contribution in [3.05, 3.63) is 0 Å². The number of hydrogen-bond acceptors (Lipinski definition) is 3. The fourth-order valence-corrected chi connectivity index (χ4v) is 1.21. The standard InChI is InChI=1S/C6H12OS2/c1-5(2)6(7)9-4-3-8/h5,8H,3-4H2,1-2H3. The highest BCUT2D eigenvalue weighted by atomic mass is 32.2. The van der Waals surface area contributed by atoms with Crippen molar-refractivity contribution < 1.29 is 4.79 Å². The summed E-state index contributed by atoms with van der Waals surface area (Å²) in [4.78, 5) is 10.8. The number of carbonyl (C=O) groups is 1. The quantitative estimate of drug-likeness (QED) is 0.641. The van der Waals surface area contributed by atoms with Gasteiger partial charge in [0.1, 0.15) is 0 Å². The molecule has 0 unspecified atom stereocenters. The van der Waals surface area contributed by atoms with E-state index in [1.165, 1.54) is 11.8 Å². The van der Waals surface area contributed by atoms with Crippen LogP contribution < -0.4 is 0 Å². The molecular weight excluding hydrogens is 152 g/mol. The highest BCUT2D eigenvalue weighted by Gasteiger charge is 2.05. The lowest BCUT2D eigenvalue weighted by Gasteiger charge is -1.99. The van der Waals surface area contributed by atoms with E-state index < -0.39 is 0 Å². The summed E-state index contributed by atoms with van der Waals surface area (Å²) in [5, 5.41) is 0.268. The average molecular weight is 164 g/mol. The second-order valence-electron chi connectivity index (χ2n) is 2.05. The first-order chi connectivity index (χ1) is 4.18. The molecule has 54 valence electrons. The number of rotatable bonds is 3. The number of thioether (sulfide) groups is 1. The molecule has 0 amide bonds. The van der Waals surface area contributed by atoms with Crippen LogP contribution in [0.1, 0.15) is 13.8 Å². The first-order valence-corrected chi connectivity index (χ1v) is 4.57. The Morgan fingerprint density at radius 1 is 1.67 bits per heavy atom. The minimum atomic E-state index is 0.162. The van der Waals surface area contributed by atoms with Gasteiger partial charge in [-0.05, 0) is 5.75 Å². The Bertz CT molecular complexity index is 91.1. The van der Waals surface area contributed by atoms with Crippen molar-refractivity contribution in [3.8, 4) is 0 Å². The predicted octanol–water partition coefficient (Wildman–Crippen LogP) is 1.83. The Hall–Kier alpha value is 0.370. The van der Waals surface area contributed by atoms with E-state index in [-0.39, 0.29) is 11.0 Å². The van der Waals surface area contributed by atoms with E-state index in [1.54, 1.807) is 0 Å². The molecule has 0 N–H and O–H groups in total. The van der Waals surface area contributed by atoms with E-state index in [1.807, 2.05) is 13.8 Å². The van der Waals surface area contributed by atoms with Gasteiger partial charge in [0.2, 0.25) is 0 Å². The van der Waals surface area contributed by atoms with Gasteiger partial charge in [0, 0.05) is 11.7 Å². The third-order valence-electron chi connectivity index (χ3n) is 0.807. The molecule has 0 spiro atoms. The third-order valence-corrected chi connectivity index (χ3v) is 2.50. The maximum Gasteiger partial charge on any atom is 0.191 e. The monoisotopic (exact) mass is 164 g/mol. The molecule has 0 aliphatic carbocycles. The Balaban J connectivity index is 3.28. The number of carbonyl (C=O) groups excluding carboxylic acids is 1. The van der Waals surface area contributed by atoms with E-state index in [9.17, 15) is 4.79 Å². The molecule has 0 aromatic rings. The van der Waals surface area contributed by atoms with Crippen LogP contribution in [-0.4, -0.2) is 16.6 Å². The zero-order chi connectivity index (χ0) is 7.28. The van der Waals surface area contributed by atoms with E-state index >= 15 is 0 Å². The first-order valence-electron chi connectivity index (χ1n) is 2.96. The normalized spacial score (nSPS) is 10.2. The van der Waals surface area contributed by atoms with Crippen LogP contribution in [0.3, 0.4) is 0 Å². The van der Waals surface area contributed by atoms with Crippen LogP contribution in [-0.2, 0) is 4.79 Å². The van der Waals surface area contributed by atoms with Gasteiger partial charge in [-0.15, -0.1) is 0 Å². The molecular formula is C6H12OS2. The molecule has 0 saturated heterocycles. The highest BCUT2D eigenvalue weighted by molar-refractivity contribution is 8.14. The Labute approximate surface area is 66.0 Å². The van der Waals surface area contributed by atoms with Crippen molar-refractivity contribution in [2.75, 3.05) is 11.5 Å². The van der Waals surface area contributed by atoms with Crippen molar-refractivity contribution >= 4 is 29.5 Å². The van der Waals surface area contributed by atoms with E-state index in [4.69, 9.17) is 0 Å². The molecule has 1 nitrogen and oxygen atoms in total. The summed E-state index contributed by atoms with van der Waals surface area (Å²) in [6.07, 6.45) is 0. The molecule has 0 heterocycles. The van der Waals surface area contributed by atoms with E-state index in [0.717, 1.165) is 11.5 Å². The molecule has 0 aromatic carbocycles. The van der Waals surface area contributed by atoms with Crippen LogP contribution in [0.15, 0.2) is 0 Å². The smallest absolute Gasteiger partial charge is 0.191 e. The third kappa shape index (κ3) is 4.85. The van der Waals surface area contributed by atoms with E-state index in [2.05, 4.69) is 12.6 Å². The molecule has 3 heteroatoms. The zero-order valence-corrected chi connectivity index (χ0v) is 7.47. The van der Waals surface area contributed by atoms with Crippen molar-refractivity contribution in [1.82, 2.24) is 0 Å². The molecule has 0 radical (unpaired) electrons. The SMILES string of the molecule is CC(C)C(=O)SCCS. The number of thiol groups is 1. The highest BCUT2D eigenvalue weighted by Crippen LogP contribution is 2.09. The molecule has 0 saturated carbocycles. The van der Waals surface area contributed by atoms with Crippen molar-refractivity contribution in [1.29, 1.82) is 0 Å². The van der Waals surface area contributed by atoms with Gasteiger partial charge in [-0.25, -0.2) is 0 Å². The van der Waals surface area contributed by atoms with Gasteiger partial charge in [-0.1, -0.05) is 25.6 Å². The van der Waals surface area contributed by atoms with Crippen LogP contribution in [0.4, 0.5) is 0 Å². The maximum absolute atomic E-state index is 10.8. The second kappa shape index (κ2) is 5.18. The van der Waals surface area contributed by atoms with Gasteiger partial charge < -0.3 is 0 Å². The molecule has 0 aromatic heterocycles. The molecule has 0 atom stereocenters. The molecule has 0 bridgehead atoms. The Kier molecular flexibility index (Phi) is 5.39. The van der Waals surface area contributed by atoms with Crippen LogP contribution in [0, 0.1) is 5.92 Å². The average Bonchev–Trinajstić information content (AvgIpc) is 1.82. The van der Waals surface area contributed by atoms with Crippen LogP contribution in [0.5, 0.6) is 0 Å². The topological polar surface area (TPSA) is 17.1 Å². The van der Waals surface area contributed by atoms with Crippen LogP contribution >= 0.6 is 24.4 Å². The largest absolute Gasteiger partial charge is 0.287 e. The molecule has 9 heavy (non-hydrogen) atoms. The van der Waals surface area contributed by atoms with Gasteiger partial charge in [0.25, 0.3) is 0 Å². The van der Waals surface area contributed by atoms with Gasteiger partial charge in [0.15, 0.2) is 5.12 Å². The van der Waals surface area contributed by atoms with Crippen molar-refractivity contribution in [2.24, 2.45) is 5.92 Å². The van der Waals surface area contributed by atoms with E-state index in [0.29, 0.717) is 0 Å². The van der Waals surface area contributed by atoms with Crippen LogP contribution in [0.2, 0.25) is 0 Å². The Morgan fingerprint density at radius 3 is 2.56 bits per heavy atom. The summed E-state index contributed by atoms with van der Waals surface area (Å²) in [5.41, 5.74) is 0. The zero-order valence-electron chi connectivity index (χ0n) is 5.76. The maximum atomic E-state index is 10.8. The van der Waals surface area contributed by atoms with Gasteiger partial charge in [0.05, 0.1) is 0 Å². The minimum absolute atomic E-state index is 0.162. The summed E-state index contributed by atoms with van der Waals surface area (Å²) in [6.45, 7) is 3.82. The lowest BCUT2D eigenvalue weighted by molar-refractivity contribution is -0.113. The van der Waals surface area contributed by atoms with Gasteiger partial charge >= 0.3 is 0 Å². The lowest BCUT2D eigenvalue weighted by atomic mass is 10.3.